The van der Waals surface area contributed by atoms with Crippen molar-refractivity contribution in [3.8, 4) is 0 Å². The maximum Gasteiger partial charge on any atom is 0.217 e. The van der Waals surface area contributed by atoms with Crippen LogP contribution in [0.2, 0.25) is 0 Å². The van der Waals surface area contributed by atoms with Gasteiger partial charge in [0.1, 0.15) is 0 Å². The third kappa shape index (κ3) is 7.27. The predicted octanol–water partition coefficient (Wildman–Crippen LogP) is -0.279. The van der Waals surface area contributed by atoms with Gasteiger partial charge in [0.15, 0.2) is 5.11 Å². The quantitative estimate of drug-likeness (QED) is 0.520. The minimum atomic E-state index is -0.267. The van der Waals surface area contributed by atoms with Crippen LogP contribution in [0.1, 0.15) is 19.8 Å². The summed E-state index contributed by atoms with van der Waals surface area (Å²) >= 11 is 4.62. The lowest BCUT2D eigenvalue weighted by molar-refractivity contribution is -0.118. The number of hydrogen-bond donors (Lipinski definition) is 3. The lowest BCUT2D eigenvalue weighted by atomic mass is 10.1. The fourth-order valence-electron chi connectivity index (χ4n) is 0.766. The second-order valence-electron chi connectivity index (χ2n) is 2.86. The van der Waals surface area contributed by atoms with Crippen molar-refractivity contribution in [1.82, 2.24) is 5.32 Å². The zero-order valence-electron chi connectivity index (χ0n) is 7.17. The molecule has 5 heteroatoms. The number of hydrogen-bond acceptors (Lipinski definition) is 2. The van der Waals surface area contributed by atoms with Crippen LogP contribution in [0.5, 0.6) is 0 Å². The standard InChI is InChI=1S/C7H15N3OS/c1-5(2-3-6(8)11)4-10-7(9)12/h5H,2-4H2,1H3,(H2,8,11)(H3,9,10,12). The lowest BCUT2D eigenvalue weighted by Crippen LogP contribution is -2.32. The van der Waals surface area contributed by atoms with E-state index in [4.69, 9.17) is 11.5 Å². The molecule has 0 aromatic rings. The van der Waals surface area contributed by atoms with Gasteiger partial charge in [0.05, 0.1) is 0 Å². The van der Waals surface area contributed by atoms with Crippen molar-refractivity contribution in [2.24, 2.45) is 17.4 Å². The molecule has 1 unspecified atom stereocenters. The van der Waals surface area contributed by atoms with Crippen molar-refractivity contribution in [2.45, 2.75) is 19.8 Å². The number of carbonyl (C=O) groups excluding carboxylic acids is 1. The van der Waals surface area contributed by atoms with Gasteiger partial charge in [-0.3, -0.25) is 4.79 Å². The van der Waals surface area contributed by atoms with Crippen LogP contribution in [0.3, 0.4) is 0 Å². The molecule has 0 heterocycles. The molecule has 0 bridgehead atoms. The molecule has 12 heavy (non-hydrogen) atoms. The zero-order valence-corrected chi connectivity index (χ0v) is 7.99. The van der Waals surface area contributed by atoms with E-state index < -0.39 is 0 Å². The van der Waals surface area contributed by atoms with Crippen LogP contribution in [0, 0.1) is 5.92 Å². The first-order chi connectivity index (χ1) is 5.52. The van der Waals surface area contributed by atoms with Gasteiger partial charge in [-0.05, 0) is 24.6 Å². The van der Waals surface area contributed by atoms with Crippen LogP contribution in [0.15, 0.2) is 0 Å². The molecule has 0 fully saturated rings. The summed E-state index contributed by atoms with van der Waals surface area (Å²) in [5.41, 5.74) is 10.2. The molecule has 1 atom stereocenters. The van der Waals surface area contributed by atoms with Crippen molar-refractivity contribution >= 4 is 23.2 Å². The average molecular weight is 189 g/mol. The summed E-state index contributed by atoms with van der Waals surface area (Å²) in [6.45, 7) is 2.71. The van der Waals surface area contributed by atoms with Gasteiger partial charge in [-0.2, -0.15) is 0 Å². The molecule has 0 spiro atoms. The first kappa shape index (κ1) is 11.2. The number of carbonyl (C=O) groups is 1. The highest BCUT2D eigenvalue weighted by atomic mass is 32.1. The maximum absolute atomic E-state index is 10.4. The SMILES string of the molecule is CC(CCC(N)=O)CNC(N)=S. The van der Waals surface area contributed by atoms with Crippen LogP contribution in [-0.4, -0.2) is 17.6 Å². The van der Waals surface area contributed by atoms with Crippen molar-refractivity contribution in [1.29, 1.82) is 0 Å². The van der Waals surface area contributed by atoms with Crippen LogP contribution in [0.25, 0.3) is 0 Å². The summed E-state index contributed by atoms with van der Waals surface area (Å²) in [6.07, 6.45) is 1.19. The molecule has 0 aliphatic carbocycles. The number of primary amides is 1. The van der Waals surface area contributed by atoms with Gasteiger partial charge in [-0.15, -0.1) is 0 Å². The molecule has 0 aliphatic heterocycles. The Balaban J connectivity index is 3.39. The van der Waals surface area contributed by atoms with Gasteiger partial charge in [0.2, 0.25) is 5.91 Å². The smallest absolute Gasteiger partial charge is 0.217 e. The van der Waals surface area contributed by atoms with Crippen molar-refractivity contribution in [3.63, 3.8) is 0 Å². The van der Waals surface area contributed by atoms with E-state index in [2.05, 4.69) is 17.5 Å². The Hall–Kier alpha value is -0.840. The lowest BCUT2D eigenvalue weighted by Gasteiger charge is -2.10. The molecular weight excluding hydrogens is 174 g/mol. The first-order valence-corrected chi connectivity index (χ1v) is 4.24. The van der Waals surface area contributed by atoms with E-state index in [9.17, 15) is 4.79 Å². The summed E-state index contributed by atoms with van der Waals surface area (Å²) < 4.78 is 0. The van der Waals surface area contributed by atoms with E-state index in [1.165, 1.54) is 0 Å². The molecule has 4 nitrogen and oxygen atoms in total. The Morgan fingerprint density at radius 2 is 2.17 bits per heavy atom. The van der Waals surface area contributed by atoms with Crippen LogP contribution in [0.4, 0.5) is 0 Å². The molecule has 0 aliphatic rings. The van der Waals surface area contributed by atoms with Crippen LogP contribution in [-0.2, 0) is 4.79 Å². The zero-order chi connectivity index (χ0) is 9.56. The summed E-state index contributed by atoms with van der Waals surface area (Å²) in [4.78, 5) is 10.4. The van der Waals surface area contributed by atoms with Crippen molar-refractivity contribution < 1.29 is 4.79 Å². The molecule has 70 valence electrons. The van der Waals surface area contributed by atoms with E-state index in [0.717, 1.165) is 6.42 Å². The molecular formula is C7H15N3OS. The van der Waals surface area contributed by atoms with Gasteiger partial charge in [0.25, 0.3) is 0 Å². The van der Waals surface area contributed by atoms with Crippen LogP contribution >= 0.6 is 12.2 Å². The molecule has 0 saturated heterocycles. The number of rotatable bonds is 5. The van der Waals surface area contributed by atoms with Gasteiger partial charge in [0, 0.05) is 13.0 Å². The van der Waals surface area contributed by atoms with E-state index in [-0.39, 0.29) is 5.91 Å². The molecule has 0 aromatic carbocycles. The molecule has 1 amide bonds. The number of thiocarbonyl (C=S) groups is 1. The second kappa shape index (κ2) is 5.77. The highest BCUT2D eigenvalue weighted by Crippen LogP contribution is 2.02. The average Bonchev–Trinajstić information content (AvgIpc) is 1.96. The third-order valence-corrected chi connectivity index (χ3v) is 1.65. The normalized spacial score (nSPS) is 12.1. The first-order valence-electron chi connectivity index (χ1n) is 3.84. The Labute approximate surface area is 77.7 Å². The Kier molecular flexibility index (Phi) is 5.36. The highest BCUT2D eigenvalue weighted by molar-refractivity contribution is 7.80. The van der Waals surface area contributed by atoms with Gasteiger partial charge >= 0.3 is 0 Å². The molecule has 5 N–H and O–H groups in total. The summed E-state index contributed by atoms with van der Waals surface area (Å²) in [5.74, 6) is 0.0937. The van der Waals surface area contributed by atoms with E-state index >= 15 is 0 Å². The monoisotopic (exact) mass is 189 g/mol. The fourth-order valence-corrected chi connectivity index (χ4v) is 0.849. The molecule has 0 saturated carbocycles. The number of amides is 1. The van der Waals surface area contributed by atoms with Gasteiger partial charge in [-0.25, -0.2) is 0 Å². The molecule has 0 radical (unpaired) electrons. The van der Waals surface area contributed by atoms with Crippen molar-refractivity contribution in [3.05, 3.63) is 0 Å². The Bertz CT molecular complexity index is 154. The van der Waals surface area contributed by atoms with E-state index in [0.29, 0.717) is 24.0 Å². The van der Waals surface area contributed by atoms with Gasteiger partial charge < -0.3 is 16.8 Å². The summed E-state index contributed by atoms with van der Waals surface area (Å²) in [6, 6.07) is 0. The topological polar surface area (TPSA) is 81.1 Å². The predicted molar refractivity (Wildman–Crippen MR) is 52.4 cm³/mol. The minimum absolute atomic E-state index is 0.267. The fraction of sp³-hybridized carbons (Fsp3) is 0.714. The van der Waals surface area contributed by atoms with Crippen molar-refractivity contribution in [2.75, 3.05) is 6.54 Å². The molecule has 0 aromatic heterocycles. The third-order valence-electron chi connectivity index (χ3n) is 1.51. The minimum Gasteiger partial charge on any atom is -0.376 e. The van der Waals surface area contributed by atoms with E-state index in [1.807, 2.05) is 6.92 Å². The van der Waals surface area contributed by atoms with E-state index in [1.54, 1.807) is 0 Å². The van der Waals surface area contributed by atoms with Crippen LogP contribution < -0.4 is 16.8 Å². The Morgan fingerprint density at radius 1 is 1.58 bits per heavy atom. The largest absolute Gasteiger partial charge is 0.376 e. The number of nitrogens with two attached hydrogens (primary N) is 2. The molecule has 0 rings (SSSR count). The van der Waals surface area contributed by atoms with Gasteiger partial charge in [-0.1, -0.05) is 6.92 Å². The second-order valence-corrected chi connectivity index (χ2v) is 3.30. The maximum atomic E-state index is 10.4. The number of nitrogens with one attached hydrogen (secondary N) is 1. The summed E-state index contributed by atoms with van der Waals surface area (Å²) in [7, 11) is 0. The summed E-state index contributed by atoms with van der Waals surface area (Å²) in [5, 5.41) is 3.12. The Morgan fingerprint density at radius 3 is 2.58 bits per heavy atom. The highest BCUT2D eigenvalue weighted by Gasteiger charge is 2.03.